The van der Waals surface area contributed by atoms with E-state index in [-0.39, 0.29) is 24.0 Å². The van der Waals surface area contributed by atoms with Crippen molar-refractivity contribution in [1.82, 2.24) is 0 Å². The Hall–Kier alpha value is -0.380. The number of halogens is 1. The zero-order chi connectivity index (χ0) is 5.82. The van der Waals surface area contributed by atoms with Gasteiger partial charge in [0.15, 0.2) is 18.6 Å². The van der Waals surface area contributed by atoms with Crippen LogP contribution in [0.25, 0.3) is 6.20 Å². The minimum absolute atomic E-state index is 0. The lowest BCUT2D eigenvalue weighted by molar-refractivity contribution is -0.567. The zero-order valence-electron chi connectivity index (χ0n) is 5.00. The van der Waals surface area contributed by atoms with E-state index in [0.717, 1.165) is 0 Å². The Morgan fingerprint density at radius 2 is 1.67 bits per heavy atom. The van der Waals surface area contributed by atoms with Gasteiger partial charge in [-0.1, -0.05) is 6.07 Å². The first-order valence-corrected chi connectivity index (χ1v) is 2.52. The summed E-state index contributed by atoms with van der Waals surface area (Å²) >= 11 is 0. The molecule has 1 aromatic rings. The Bertz CT molecular complexity index is 172. The van der Waals surface area contributed by atoms with Crippen molar-refractivity contribution in [2.45, 2.75) is 0 Å². The van der Waals surface area contributed by atoms with Crippen molar-refractivity contribution in [2.24, 2.45) is 0 Å². The number of rotatable bonds is 1. The van der Waals surface area contributed by atoms with Crippen LogP contribution in [0.2, 0.25) is 0 Å². The number of hydrogen-bond donors (Lipinski definition) is 0. The molecule has 0 saturated heterocycles. The molecule has 0 atom stereocenters. The van der Waals surface area contributed by atoms with E-state index in [2.05, 4.69) is 6.58 Å². The molecule has 0 N–H and O–H groups in total. The smallest absolute Gasteiger partial charge is 0.174 e. The lowest BCUT2D eigenvalue weighted by Crippen LogP contribution is -3.00. The molecule has 1 heterocycles. The van der Waals surface area contributed by atoms with Gasteiger partial charge in [0.2, 0.25) is 0 Å². The maximum atomic E-state index is 3.59. The van der Waals surface area contributed by atoms with Crippen molar-refractivity contribution in [3.8, 4) is 0 Å². The van der Waals surface area contributed by atoms with E-state index in [9.17, 15) is 0 Å². The van der Waals surface area contributed by atoms with E-state index in [1.54, 1.807) is 6.20 Å². The first-order chi connectivity index (χ1) is 3.93. The summed E-state index contributed by atoms with van der Waals surface area (Å²) in [4.78, 5) is 0. The van der Waals surface area contributed by atoms with Gasteiger partial charge in [-0.25, -0.2) is 0 Å². The molecule has 9 heavy (non-hydrogen) atoms. The van der Waals surface area contributed by atoms with Gasteiger partial charge in [0.1, 0.15) is 0 Å². The molecule has 1 aromatic heterocycles. The third-order valence-corrected chi connectivity index (χ3v) is 0.949. The third kappa shape index (κ3) is 2.60. The van der Waals surface area contributed by atoms with E-state index < -0.39 is 0 Å². The number of aromatic nitrogens is 1. The van der Waals surface area contributed by atoms with Crippen LogP contribution in [0.5, 0.6) is 0 Å². The van der Waals surface area contributed by atoms with Crippen LogP contribution in [-0.4, -0.2) is 0 Å². The molecule has 0 fully saturated rings. The Morgan fingerprint density at radius 3 is 2.00 bits per heavy atom. The molecule has 0 bridgehead atoms. The van der Waals surface area contributed by atoms with E-state index in [1.807, 2.05) is 35.2 Å². The SMILES string of the molecule is C=C[n+]1ccccc1.[I-]. The van der Waals surface area contributed by atoms with Gasteiger partial charge in [-0.05, 0) is 6.58 Å². The fourth-order valence-electron chi connectivity index (χ4n) is 0.534. The highest BCUT2D eigenvalue weighted by atomic mass is 127. The minimum Gasteiger partial charge on any atom is -1.00 e. The van der Waals surface area contributed by atoms with E-state index in [4.69, 9.17) is 0 Å². The number of hydrogen-bond acceptors (Lipinski definition) is 0. The first-order valence-electron chi connectivity index (χ1n) is 2.52. The number of nitrogens with zero attached hydrogens (tertiary/aromatic N) is 1. The van der Waals surface area contributed by atoms with E-state index in [1.165, 1.54) is 0 Å². The van der Waals surface area contributed by atoms with Gasteiger partial charge >= 0.3 is 0 Å². The summed E-state index contributed by atoms with van der Waals surface area (Å²) in [5.74, 6) is 0. The van der Waals surface area contributed by atoms with Crippen LogP contribution in [0, 0.1) is 0 Å². The fourth-order valence-corrected chi connectivity index (χ4v) is 0.534. The van der Waals surface area contributed by atoms with Crippen molar-refractivity contribution in [3.05, 3.63) is 37.2 Å². The normalized spacial score (nSPS) is 7.56. The first kappa shape index (κ1) is 8.62. The largest absolute Gasteiger partial charge is 1.00 e. The number of pyridine rings is 1. The van der Waals surface area contributed by atoms with Crippen LogP contribution in [0.4, 0.5) is 0 Å². The van der Waals surface area contributed by atoms with Crippen molar-refractivity contribution in [2.75, 3.05) is 0 Å². The lowest BCUT2D eigenvalue weighted by Gasteiger charge is -1.79. The Kier molecular flexibility index (Phi) is 4.30. The van der Waals surface area contributed by atoms with Crippen molar-refractivity contribution >= 4 is 6.20 Å². The molecule has 0 aliphatic rings. The molecule has 0 radical (unpaired) electrons. The van der Waals surface area contributed by atoms with Gasteiger partial charge in [-0.3, -0.25) is 0 Å². The van der Waals surface area contributed by atoms with Crippen LogP contribution in [-0.2, 0) is 0 Å². The third-order valence-electron chi connectivity index (χ3n) is 0.949. The van der Waals surface area contributed by atoms with Gasteiger partial charge in [0, 0.05) is 12.1 Å². The highest BCUT2D eigenvalue weighted by molar-refractivity contribution is 4.97. The Labute approximate surface area is 72.0 Å². The Morgan fingerprint density at radius 1 is 1.11 bits per heavy atom. The summed E-state index contributed by atoms with van der Waals surface area (Å²) in [6.45, 7) is 3.59. The van der Waals surface area contributed by atoms with Crippen LogP contribution < -0.4 is 28.5 Å². The predicted octanol–water partition coefficient (Wildman–Crippen LogP) is -1.92. The highest BCUT2D eigenvalue weighted by Crippen LogP contribution is 1.74. The summed E-state index contributed by atoms with van der Waals surface area (Å²) in [6, 6.07) is 5.89. The molecule has 0 saturated carbocycles. The molecule has 48 valence electrons. The minimum atomic E-state index is 0. The van der Waals surface area contributed by atoms with Gasteiger partial charge in [0.05, 0.1) is 0 Å². The van der Waals surface area contributed by atoms with E-state index >= 15 is 0 Å². The summed E-state index contributed by atoms with van der Waals surface area (Å²) < 4.78 is 1.89. The average Bonchev–Trinajstić information content (AvgIpc) is 1.90. The standard InChI is InChI=1S/C7H8N.HI/c1-2-8-6-4-3-5-7-8;/h2-7H,1H2;1H/q+1;/p-1. The van der Waals surface area contributed by atoms with Gasteiger partial charge in [-0.2, -0.15) is 4.57 Å². The highest BCUT2D eigenvalue weighted by Gasteiger charge is 1.83. The molecule has 0 aliphatic carbocycles. The van der Waals surface area contributed by atoms with E-state index in [0.29, 0.717) is 0 Å². The molecule has 0 amide bonds. The average molecular weight is 233 g/mol. The Balaban J connectivity index is 0.000000640. The second kappa shape index (κ2) is 4.49. The summed E-state index contributed by atoms with van der Waals surface area (Å²) in [7, 11) is 0. The summed E-state index contributed by atoms with van der Waals surface area (Å²) in [5.41, 5.74) is 0. The second-order valence-corrected chi connectivity index (χ2v) is 1.51. The van der Waals surface area contributed by atoms with Crippen molar-refractivity contribution in [1.29, 1.82) is 0 Å². The molecule has 0 unspecified atom stereocenters. The predicted molar refractivity (Wildman–Crippen MR) is 33.0 cm³/mol. The van der Waals surface area contributed by atoms with Crippen LogP contribution in [0.1, 0.15) is 0 Å². The maximum absolute atomic E-state index is 3.59. The molecule has 0 aliphatic heterocycles. The quantitative estimate of drug-likeness (QED) is 0.393. The van der Waals surface area contributed by atoms with Gasteiger partial charge < -0.3 is 24.0 Å². The molecule has 1 nitrogen and oxygen atoms in total. The molecule has 2 heteroatoms. The van der Waals surface area contributed by atoms with Crippen molar-refractivity contribution < 1.29 is 28.5 Å². The monoisotopic (exact) mass is 233 g/mol. The van der Waals surface area contributed by atoms with Crippen LogP contribution in [0.3, 0.4) is 0 Å². The summed E-state index contributed by atoms with van der Waals surface area (Å²) in [5, 5.41) is 0. The van der Waals surface area contributed by atoms with Crippen molar-refractivity contribution in [3.63, 3.8) is 0 Å². The summed E-state index contributed by atoms with van der Waals surface area (Å²) in [6.07, 6.45) is 5.62. The van der Waals surface area contributed by atoms with Crippen LogP contribution in [0.15, 0.2) is 37.2 Å². The lowest BCUT2D eigenvalue weighted by atomic mass is 10.5. The molecular formula is C7H8IN. The van der Waals surface area contributed by atoms with Gasteiger partial charge in [0.25, 0.3) is 0 Å². The zero-order valence-corrected chi connectivity index (χ0v) is 7.15. The molecular weight excluding hydrogens is 225 g/mol. The topological polar surface area (TPSA) is 3.88 Å². The molecule has 1 rings (SSSR count). The molecule has 0 aromatic carbocycles. The molecule has 0 spiro atoms. The maximum Gasteiger partial charge on any atom is 0.174 e. The second-order valence-electron chi connectivity index (χ2n) is 1.51. The van der Waals surface area contributed by atoms with Gasteiger partial charge in [-0.15, -0.1) is 0 Å². The van der Waals surface area contributed by atoms with Crippen LogP contribution >= 0.6 is 0 Å². The fraction of sp³-hybridized carbons (Fsp3) is 0.